The summed E-state index contributed by atoms with van der Waals surface area (Å²) in [5, 5.41) is 13.2. The van der Waals surface area contributed by atoms with E-state index in [0.29, 0.717) is 11.7 Å². The molecule has 0 aliphatic rings. The Bertz CT molecular complexity index is 951. The summed E-state index contributed by atoms with van der Waals surface area (Å²) in [4.78, 5) is 38.1. The lowest BCUT2D eigenvalue weighted by molar-refractivity contribution is -0.118. The van der Waals surface area contributed by atoms with Crippen molar-refractivity contribution < 1.29 is 18.0 Å². The molecule has 0 aliphatic carbocycles. The lowest BCUT2D eigenvalue weighted by Crippen LogP contribution is -2.34. The van der Waals surface area contributed by atoms with Crippen LogP contribution in [0.3, 0.4) is 0 Å². The summed E-state index contributed by atoms with van der Waals surface area (Å²) in [5.41, 5.74) is 7.07. The van der Waals surface area contributed by atoms with E-state index in [4.69, 9.17) is 12.3 Å². The van der Waals surface area contributed by atoms with Crippen LogP contribution in [0.1, 0.15) is 41.5 Å². The molecule has 0 saturated carbocycles. The summed E-state index contributed by atoms with van der Waals surface area (Å²) in [6.07, 6.45) is 2.02. The van der Waals surface area contributed by atoms with Gasteiger partial charge in [-0.3, -0.25) is 34.8 Å². The standard InChI is InChI=1S/C4H9N3O.C4H7N3.C4H9NS.C3H9N3O2S.C3H7NO.C3H7NS.ClH/c1-3(6-2)7-4(5)8;1-4(5-2)7-6-3;1-4(5-2)6-3;1-3(5-2)6-9(4,7)8;2*1-3(5)4-2;/h1-2H3,(H3,5,6,7,8);1-2H3,(H,5,7);1-3H3;1-2H3,(H,5,6)(H2,4,7,8);2*1-2H3,(H,4,5);1H. The second kappa shape index (κ2) is 39.1. The van der Waals surface area contributed by atoms with Crippen LogP contribution in [0.15, 0.2) is 20.0 Å². The first kappa shape index (κ1) is 54.1. The molecule has 0 heterocycles. The Balaban J connectivity index is -0.0000000682. The number of thioether (sulfide) groups is 1. The summed E-state index contributed by atoms with van der Waals surface area (Å²) < 4.78 is 22.3. The van der Waals surface area contributed by atoms with Crippen LogP contribution in [0.2, 0.25) is 0 Å². The van der Waals surface area contributed by atoms with Crippen molar-refractivity contribution in [2.75, 3.05) is 48.5 Å². The average molecular weight is 665 g/mol. The summed E-state index contributed by atoms with van der Waals surface area (Å²) in [6, 6.07) is -0.576. The zero-order chi connectivity index (χ0) is 33.3. The number of carbonyl (C=O) groups excluding carboxylic acids is 2. The SMILES string of the molecule is CN=C(C)NC(N)=O.CN=C(C)NS(N)(=O)=O.CN=C(C)SC.CNC(C)=O.CNC(C)=S.Cl.[C-]#[N+]NC(C)=NC. The van der Waals surface area contributed by atoms with Crippen LogP contribution in [0.4, 0.5) is 4.79 Å². The van der Waals surface area contributed by atoms with Crippen molar-refractivity contribution in [1.82, 2.24) is 26.1 Å². The number of hydrogen-bond donors (Lipinski definition) is 7. The number of aliphatic imine (C=N–C) groups is 4. The first-order valence-electron chi connectivity index (χ1n) is 10.9. The van der Waals surface area contributed by atoms with E-state index in [1.807, 2.05) is 31.9 Å². The Morgan fingerprint density at radius 1 is 0.854 bits per heavy atom. The van der Waals surface area contributed by atoms with Gasteiger partial charge in [-0.1, -0.05) is 17.6 Å². The molecule has 16 nitrogen and oxygen atoms in total. The highest BCUT2D eigenvalue weighted by atomic mass is 35.5. The summed E-state index contributed by atoms with van der Waals surface area (Å²) in [7, 11) is 6.26. The number of thiocarbonyl (C=S) groups is 1. The minimum absolute atomic E-state index is 0. The molecule has 0 aliphatic heterocycles. The molecule has 3 amide bonds. The van der Waals surface area contributed by atoms with Crippen molar-refractivity contribution in [2.24, 2.45) is 30.8 Å². The molecule has 0 aromatic carbocycles. The highest BCUT2D eigenvalue weighted by molar-refractivity contribution is 8.13. The molecule has 0 bridgehead atoms. The summed E-state index contributed by atoms with van der Waals surface area (Å²) in [6.45, 7) is 16.5. The maximum atomic E-state index is 10.2. The van der Waals surface area contributed by atoms with Gasteiger partial charge in [0.25, 0.3) is 10.2 Å². The monoisotopic (exact) mass is 664 g/mol. The van der Waals surface area contributed by atoms with E-state index in [1.165, 1.54) is 20.9 Å². The molecule has 0 fully saturated rings. The Morgan fingerprint density at radius 3 is 1.29 bits per heavy atom. The molecule has 0 aromatic rings. The zero-order valence-corrected chi connectivity index (χ0v) is 29.4. The molecule has 20 heteroatoms. The number of amides is 3. The van der Waals surface area contributed by atoms with Gasteiger partial charge in [0, 0.05) is 49.2 Å². The molecule has 0 rings (SSSR count). The topological polar surface area (TPSA) is 234 Å². The number of primary amides is 1. The molecule has 41 heavy (non-hydrogen) atoms. The second-order valence-electron chi connectivity index (χ2n) is 6.35. The van der Waals surface area contributed by atoms with Crippen molar-refractivity contribution in [3.05, 3.63) is 11.5 Å². The lowest BCUT2D eigenvalue weighted by atomic mass is 10.7. The number of carbonyl (C=O) groups is 2. The summed E-state index contributed by atoms with van der Waals surface area (Å²) in [5.74, 6) is 1.45. The third-order valence-corrected chi connectivity index (χ3v) is 4.69. The number of hydrogen-bond acceptors (Lipinski definition) is 10. The Labute approximate surface area is 262 Å². The quantitative estimate of drug-likeness (QED) is 0.0703. The molecular weight excluding hydrogens is 616 g/mol. The second-order valence-corrected chi connectivity index (χ2v) is 9.25. The first-order valence-corrected chi connectivity index (χ1v) is 14.1. The Hall–Kier alpha value is -3.05. The number of rotatable bonds is 1. The molecule has 0 radical (unpaired) electrons. The molecule has 242 valence electrons. The van der Waals surface area contributed by atoms with Gasteiger partial charge in [-0.2, -0.15) is 19.9 Å². The molecule has 0 atom stereocenters. The minimum atomic E-state index is -3.62. The molecule has 0 aromatic heterocycles. The molecule has 0 unspecified atom stereocenters. The Morgan fingerprint density at radius 2 is 1.22 bits per heavy atom. The van der Waals surface area contributed by atoms with Crippen LogP contribution in [0, 0.1) is 6.57 Å². The van der Waals surface area contributed by atoms with E-state index >= 15 is 0 Å². The van der Waals surface area contributed by atoms with Crippen LogP contribution < -0.4 is 37.0 Å². The first-order chi connectivity index (χ1) is 18.3. The van der Waals surface area contributed by atoms with E-state index in [0.717, 1.165) is 10.0 Å². The molecular formula is C21H49ClN12O4S3. The molecule has 0 saturated heterocycles. The number of amidine groups is 3. The lowest BCUT2D eigenvalue weighted by Gasteiger charge is -1.98. The van der Waals surface area contributed by atoms with Crippen LogP contribution in [0.5, 0.6) is 0 Å². The van der Waals surface area contributed by atoms with Gasteiger partial charge in [-0.25, -0.2) is 9.93 Å². The predicted octanol–water partition coefficient (Wildman–Crippen LogP) is 1.11. The largest absolute Gasteiger partial charge is 0.383 e. The number of nitrogens with two attached hydrogens (primary N) is 2. The minimum Gasteiger partial charge on any atom is -0.383 e. The summed E-state index contributed by atoms with van der Waals surface area (Å²) >= 11 is 6.26. The van der Waals surface area contributed by atoms with Crippen molar-refractivity contribution >= 4 is 86.1 Å². The van der Waals surface area contributed by atoms with Crippen LogP contribution in [0.25, 0.3) is 4.95 Å². The highest BCUT2D eigenvalue weighted by Gasteiger charge is 1.98. The fourth-order valence-electron chi connectivity index (χ4n) is 0.708. The third kappa shape index (κ3) is 85.7. The van der Waals surface area contributed by atoms with Gasteiger partial charge in [0.05, 0.1) is 10.0 Å². The van der Waals surface area contributed by atoms with Crippen LogP contribution in [-0.4, -0.2) is 96.4 Å². The zero-order valence-electron chi connectivity index (χ0n) is 26.2. The number of urea groups is 1. The van der Waals surface area contributed by atoms with E-state index in [-0.39, 0.29) is 24.1 Å². The van der Waals surface area contributed by atoms with Crippen LogP contribution in [-0.2, 0) is 15.0 Å². The van der Waals surface area contributed by atoms with E-state index < -0.39 is 16.2 Å². The van der Waals surface area contributed by atoms with Gasteiger partial charge in [0.1, 0.15) is 11.7 Å². The van der Waals surface area contributed by atoms with Gasteiger partial charge in [0.15, 0.2) is 5.84 Å². The molecule has 9 N–H and O–H groups in total. The maximum Gasteiger partial charge on any atom is 0.317 e. The van der Waals surface area contributed by atoms with E-state index in [9.17, 15) is 18.0 Å². The number of nitrogens with one attached hydrogen (secondary N) is 5. The van der Waals surface area contributed by atoms with Gasteiger partial charge in [-0.05, 0) is 40.9 Å². The highest BCUT2D eigenvalue weighted by Crippen LogP contribution is 1.93. The van der Waals surface area contributed by atoms with Gasteiger partial charge in [0.2, 0.25) is 5.91 Å². The third-order valence-electron chi connectivity index (χ3n) is 3.13. The molecule has 0 spiro atoms. The predicted molar refractivity (Wildman–Crippen MR) is 183 cm³/mol. The Kier molecular flexibility index (Phi) is 51.6. The van der Waals surface area contributed by atoms with Crippen LogP contribution >= 0.6 is 36.4 Å². The van der Waals surface area contributed by atoms with Crippen molar-refractivity contribution in [3.63, 3.8) is 0 Å². The van der Waals surface area contributed by atoms with Crippen molar-refractivity contribution in [3.8, 4) is 0 Å². The fraction of sp³-hybridized carbons (Fsp3) is 0.619. The number of halogens is 1. The van der Waals surface area contributed by atoms with Gasteiger partial charge >= 0.3 is 6.03 Å². The van der Waals surface area contributed by atoms with E-state index in [2.05, 4.69) is 63.7 Å². The van der Waals surface area contributed by atoms with Gasteiger partial charge in [-0.15, -0.1) is 24.2 Å². The fourth-order valence-corrected chi connectivity index (χ4v) is 1.39. The smallest absolute Gasteiger partial charge is 0.317 e. The van der Waals surface area contributed by atoms with Crippen molar-refractivity contribution in [1.29, 1.82) is 0 Å². The average Bonchev–Trinajstić information content (AvgIpc) is 2.88. The van der Waals surface area contributed by atoms with Gasteiger partial charge < -0.3 is 16.4 Å². The van der Waals surface area contributed by atoms with E-state index in [1.54, 1.807) is 53.8 Å². The maximum absolute atomic E-state index is 10.2. The van der Waals surface area contributed by atoms with Crippen molar-refractivity contribution in [2.45, 2.75) is 41.5 Å². The normalized spacial score (nSPS) is 10.3. The number of nitrogens with zero attached hydrogens (tertiary/aromatic N) is 5.